The van der Waals surface area contributed by atoms with Crippen LogP contribution in [0.4, 0.5) is 0 Å². The van der Waals surface area contributed by atoms with Gasteiger partial charge < -0.3 is 14.7 Å². The number of hydrogen-bond donors (Lipinski definition) is 1. The van der Waals surface area contributed by atoms with Gasteiger partial charge in [-0.15, -0.1) is 0 Å². The van der Waals surface area contributed by atoms with Gasteiger partial charge in [0.1, 0.15) is 0 Å². The summed E-state index contributed by atoms with van der Waals surface area (Å²) in [5.41, 5.74) is 1.35. The second-order valence-corrected chi connectivity index (χ2v) is 7.89. The van der Waals surface area contributed by atoms with Gasteiger partial charge in [-0.05, 0) is 38.5 Å². The van der Waals surface area contributed by atoms with E-state index in [4.69, 9.17) is 9.52 Å². The van der Waals surface area contributed by atoms with Gasteiger partial charge in [0.15, 0.2) is 11.8 Å². The van der Waals surface area contributed by atoms with Crippen molar-refractivity contribution in [2.24, 2.45) is 4.99 Å². The maximum Gasteiger partial charge on any atom is 0.228 e. The maximum atomic E-state index is 5.17. The van der Waals surface area contributed by atoms with Crippen LogP contribution >= 0.6 is 15.9 Å². The van der Waals surface area contributed by atoms with Gasteiger partial charge in [0.05, 0.1) is 6.54 Å². The van der Waals surface area contributed by atoms with E-state index in [1.54, 1.807) is 0 Å². The third kappa shape index (κ3) is 5.54. The van der Waals surface area contributed by atoms with E-state index in [9.17, 15) is 0 Å². The zero-order valence-electron chi connectivity index (χ0n) is 16.9. The Morgan fingerprint density at radius 1 is 1.25 bits per heavy atom. The zero-order valence-corrected chi connectivity index (χ0v) is 18.4. The van der Waals surface area contributed by atoms with E-state index in [2.05, 4.69) is 79.3 Å². The van der Waals surface area contributed by atoms with E-state index in [1.807, 2.05) is 6.92 Å². The smallest absolute Gasteiger partial charge is 0.228 e. The molecule has 1 aliphatic heterocycles. The third-order valence-electron chi connectivity index (χ3n) is 5.01. The summed E-state index contributed by atoms with van der Waals surface area (Å²) in [7, 11) is 0. The minimum atomic E-state index is 0.413. The molecule has 1 aliphatic rings. The predicted molar refractivity (Wildman–Crippen MR) is 114 cm³/mol. The van der Waals surface area contributed by atoms with Gasteiger partial charge in [0.2, 0.25) is 5.89 Å². The van der Waals surface area contributed by atoms with Crippen molar-refractivity contribution in [2.45, 2.75) is 33.2 Å². The summed E-state index contributed by atoms with van der Waals surface area (Å²) >= 11 is 3.51. The number of nitrogens with zero attached hydrogens (tertiary/aromatic N) is 5. The van der Waals surface area contributed by atoms with Crippen LogP contribution in [0.1, 0.15) is 37.2 Å². The number of aliphatic imine (C=N–C) groups is 1. The molecule has 0 radical (unpaired) electrons. The lowest BCUT2D eigenvalue weighted by atomic mass is 10.1. The molecule has 3 rings (SSSR count). The molecule has 28 heavy (non-hydrogen) atoms. The summed E-state index contributed by atoms with van der Waals surface area (Å²) in [6.07, 6.45) is 0.663. The molecule has 1 unspecified atom stereocenters. The Morgan fingerprint density at radius 3 is 2.57 bits per heavy atom. The molecule has 0 spiro atoms. The first kappa shape index (κ1) is 20.8. The number of piperazine rings is 1. The van der Waals surface area contributed by atoms with Crippen LogP contribution in [0.25, 0.3) is 0 Å². The van der Waals surface area contributed by atoms with Crippen molar-refractivity contribution in [3.05, 3.63) is 46.0 Å². The van der Waals surface area contributed by atoms with Gasteiger partial charge in [-0.3, -0.25) is 9.89 Å². The van der Waals surface area contributed by atoms with Crippen molar-refractivity contribution in [3.63, 3.8) is 0 Å². The molecule has 8 heteroatoms. The van der Waals surface area contributed by atoms with E-state index in [0.29, 0.717) is 30.7 Å². The standard InChI is InChI=1S/C20H29BrN6O/c1-4-22-20(23-10-9-19-24-16(3)25-28-19)27-13-11-26(12-14-27)15(2)17-5-7-18(21)8-6-17/h5-8,15H,4,9-14H2,1-3H3,(H,22,23). The second-order valence-electron chi connectivity index (χ2n) is 6.97. The van der Waals surface area contributed by atoms with Crippen molar-refractivity contribution in [2.75, 3.05) is 39.3 Å². The minimum Gasteiger partial charge on any atom is -0.357 e. The van der Waals surface area contributed by atoms with E-state index >= 15 is 0 Å². The lowest BCUT2D eigenvalue weighted by molar-refractivity contribution is 0.138. The molecule has 1 atom stereocenters. The van der Waals surface area contributed by atoms with Crippen LogP contribution in [-0.2, 0) is 6.42 Å². The molecule has 1 N–H and O–H groups in total. The fraction of sp³-hybridized carbons (Fsp3) is 0.550. The molecular weight excluding hydrogens is 420 g/mol. The summed E-state index contributed by atoms with van der Waals surface area (Å²) in [6.45, 7) is 11.7. The lowest BCUT2D eigenvalue weighted by Gasteiger charge is -2.39. The molecule has 0 aliphatic carbocycles. The SMILES string of the molecule is CCNC(=NCCc1nc(C)no1)N1CCN(C(C)c2ccc(Br)cc2)CC1. The summed E-state index contributed by atoms with van der Waals surface area (Å²) in [5.74, 6) is 2.28. The van der Waals surface area contributed by atoms with Crippen molar-refractivity contribution in [3.8, 4) is 0 Å². The quantitative estimate of drug-likeness (QED) is 0.540. The predicted octanol–water partition coefficient (Wildman–Crippen LogP) is 3.03. The molecular formula is C20H29BrN6O. The Morgan fingerprint density at radius 2 is 1.96 bits per heavy atom. The van der Waals surface area contributed by atoms with Crippen LogP contribution in [0.5, 0.6) is 0 Å². The molecule has 1 fully saturated rings. The lowest BCUT2D eigenvalue weighted by Crippen LogP contribution is -2.52. The average molecular weight is 449 g/mol. The number of rotatable bonds is 6. The highest BCUT2D eigenvalue weighted by atomic mass is 79.9. The molecule has 7 nitrogen and oxygen atoms in total. The third-order valence-corrected chi connectivity index (χ3v) is 5.53. The molecule has 1 aromatic heterocycles. The topological polar surface area (TPSA) is 69.8 Å². The maximum absolute atomic E-state index is 5.17. The summed E-state index contributed by atoms with van der Waals surface area (Å²) < 4.78 is 6.29. The zero-order chi connectivity index (χ0) is 19.9. The Balaban J connectivity index is 1.54. The van der Waals surface area contributed by atoms with Crippen LogP contribution in [0.2, 0.25) is 0 Å². The molecule has 1 saturated heterocycles. The van der Waals surface area contributed by atoms with Gasteiger partial charge >= 0.3 is 0 Å². The number of hydrogen-bond acceptors (Lipinski definition) is 5. The Kier molecular flexibility index (Phi) is 7.44. The molecule has 0 amide bonds. The largest absolute Gasteiger partial charge is 0.357 e. The summed E-state index contributed by atoms with van der Waals surface area (Å²) in [5, 5.41) is 7.24. The Bertz CT molecular complexity index is 767. The number of guanidine groups is 1. The van der Waals surface area contributed by atoms with Gasteiger partial charge in [-0.25, -0.2) is 0 Å². The summed E-state index contributed by atoms with van der Waals surface area (Å²) in [6, 6.07) is 9.04. The number of aryl methyl sites for hydroxylation is 1. The minimum absolute atomic E-state index is 0.413. The van der Waals surface area contributed by atoms with Crippen LogP contribution in [0, 0.1) is 6.92 Å². The first-order valence-corrected chi connectivity index (χ1v) is 10.7. The average Bonchev–Trinajstić information content (AvgIpc) is 3.12. The Hall–Kier alpha value is -1.93. The highest BCUT2D eigenvalue weighted by Crippen LogP contribution is 2.23. The highest BCUT2D eigenvalue weighted by Gasteiger charge is 2.23. The molecule has 0 saturated carbocycles. The number of benzene rings is 1. The summed E-state index contributed by atoms with van der Waals surface area (Å²) in [4.78, 5) is 13.9. The molecule has 0 bridgehead atoms. The van der Waals surface area contributed by atoms with Crippen molar-refractivity contribution < 1.29 is 4.52 Å². The molecule has 2 aromatic rings. The number of nitrogens with one attached hydrogen (secondary N) is 1. The van der Waals surface area contributed by atoms with Crippen molar-refractivity contribution >= 4 is 21.9 Å². The molecule has 152 valence electrons. The van der Waals surface area contributed by atoms with Crippen LogP contribution in [-0.4, -0.2) is 65.2 Å². The van der Waals surface area contributed by atoms with Crippen molar-refractivity contribution in [1.82, 2.24) is 25.3 Å². The van der Waals surface area contributed by atoms with E-state index in [-0.39, 0.29) is 0 Å². The normalized spacial score (nSPS) is 17.0. The number of aromatic nitrogens is 2. The van der Waals surface area contributed by atoms with Crippen molar-refractivity contribution in [1.29, 1.82) is 0 Å². The van der Waals surface area contributed by atoms with Gasteiger partial charge in [0, 0.05) is 49.7 Å². The van der Waals surface area contributed by atoms with Crippen LogP contribution in [0.15, 0.2) is 38.3 Å². The first-order valence-electron chi connectivity index (χ1n) is 9.88. The monoisotopic (exact) mass is 448 g/mol. The first-order chi connectivity index (χ1) is 13.6. The van der Waals surface area contributed by atoms with E-state index in [0.717, 1.165) is 43.2 Å². The van der Waals surface area contributed by atoms with Gasteiger partial charge in [-0.2, -0.15) is 4.98 Å². The van der Waals surface area contributed by atoms with E-state index < -0.39 is 0 Å². The molecule has 2 heterocycles. The van der Waals surface area contributed by atoms with E-state index in [1.165, 1.54) is 5.56 Å². The highest BCUT2D eigenvalue weighted by molar-refractivity contribution is 9.10. The van der Waals surface area contributed by atoms with Gasteiger partial charge in [0.25, 0.3) is 0 Å². The van der Waals surface area contributed by atoms with Crippen LogP contribution < -0.4 is 5.32 Å². The fourth-order valence-electron chi connectivity index (χ4n) is 3.40. The number of halogens is 1. The fourth-order valence-corrected chi connectivity index (χ4v) is 3.66. The Labute approximate surface area is 175 Å². The molecule has 1 aromatic carbocycles. The van der Waals surface area contributed by atoms with Crippen LogP contribution in [0.3, 0.4) is 0 Å². The second kappa shape index (κ2) is 10.0. The van der Waals surface area contributed by atoms with Gasteiger partial charge in [-0.1, -0.05) is 33.2 Å².